The van der Waals surface area contributed by atoms with Crippen LogP contribution in [0, 0.1) is 10.1 Å². The summed E-state index contributed by atoms with van der Waals surface area (Å²) in [5, 5.41) is 13.5. The van der Waals surface area contributed by atoms with Crippen molar-refractivity contribution in [2.45, 2.75) is 24.2 Å². The molecule has 3 rings (SSSR count). The van der Waals surface area contributed by atoms with Crippen LogP contribution in [0.2, 0.25) is 0 Å². The Kier molecular flexibility index (Phi) is 6.37. The summed E-state index contributed by atoms with van der Waals surface area (Å²) in [7, 11) is -0.0793. The molecule has 1 saturated heterocycles. The van der Waals surface area contributed by atoms with Gasteiger partial charge in [0.05, 0.1) is 21.2 Å². The second kappa shape index (κ2) is 8.80. The first-order valence-electron chi connectivity index (χ1n) is 9.57. The van der Waals surface area contributed by atoms with Crippen LogP contribution < -0.4 is 10.2 Å². The highest BCUT2D eigenvalue weighted by Gasteiger charge is 2.27. The fraction of sp³-hybridized carbons (Fsp3) is 0.350. The monoisotopic (exact) mass is 432 g/mol. The molecule has 0 radical (unpaired) electrons. The third-order valence-electron chi connectivity index (χ3n) is 4.99. The largest absolute Gasteiger partial charge is 0.376 e. The number of nitro benzene ring substituents is 1. The van der Waals surface area contributed by atoms with Gasteiger partial charge >= 0.3 is 0 Å². The Morgan fingerprint density at radius 2 is 1.70 bits per heavy atom. The summed E-state index contributed by atoms with van der Waals surface area (Å²) in [6.07, 6.45) is 2.68. The summed E-state index contributed by atoms with van der Waals surface area (Å²) in [4.78, 5) is 24.8. The molecule has 0 unspecified atom stereocenters. The molecule has 0 spiro atoms. The van der Waals surface area contributed by atoms with Crippen molar-refractivity contribution in [2.24, 2.45) is 0 Å². The highest BCUT2D eigenvalue weighted by Crippen LogP contribution is 2.30. The van der Waals surface area contributed by atoms with Crippen LogP contribution in [0.25, 0.3) is 0 Å². The van der Waals surface area contributed by atoms with E-state index in [0.29, 0.717) is 24.5 Å². The van der Waals surface area contributed by atoms with E-state index in [2.05, 4.69) is 5.32 Å². The van der Waals surface area contributed by atoms with Gasteiger partial charge < -0.3 is 10.2 Å². The number of sulfonamides is 1. The standard InChI is InChI=1S/C20H24N4O5S/c1-22(2)19-11-10-17(30(28,29)23-12-4-3-5-13-23)14-18(19)21-20(25)15-6-8-16(9-7-15)24(26)27/h6-11,14H,3-5,12-13H2,1-2H3,(H,21,25). The molecule has 0 aromatic heterocycles. The molecule has 10 heteroatoms. The SMILES string of the molecule is CN(C)c1ccc(S(=O)(=O)N2CCCCC2)cc1NC(=O)c1ccc([N+](=O)[O-])cc1. The van der Waals surface area contributed by atoms with Crippen LogP contribution in [-0.4, -0.2) is 50.7 Å². The van der Waals surface area contributed by atoms with Crippen LogP contribution in [0.4, 0.5) is 17.1 Å². The van der Waals surface area contributed by atoms with E-state index in [4.69, 9.17) is 0 Å². The first-order valence-corrected chi connectivity index (χ1v) is 11.0. The molecule has 1 N–H and O–H groups in total. The molecule has 2 aromatic rings. The lowest BCUT2D eigenvalue weighted by atomic mass is 10.2. The quantitative estimate of drug-likeness (QED) is 0.554. The van der Waals surface area contributed by atoms with Crippen LogP contribution in [0.3, 0.4) is 0 Å². The number of benzene rings is 2. The van der Waals surface area contributed by atoms with Gasteiger partial charge in [0, 0.05) is 44.9 Å². The topological polar surface area (TPSA) is 113 Å². The number of anilines is 2. The summed E-state index contributed by atoms with van der Waals surface area (Å²) >= 11 is 0. The summed E-state index contributed by atoms with van der Waals surface area (Å²) < 4.78 is 27.5. The van der Waals surface area contributed by atoms with Gasteiger partial charge in [0.1, 0.15) is 0 Å². The van der Waals surface area contributed by atoms with Crippen molar-refractivity contribution in [3.05, 3.63) is 58.1 Å². The van der Waals surface area contributed by atoms with E-state index < -0.39 is 20.9 Å². The normalized spacial score (nSPS) is 14.9. The number of nitrogens with one attached hydrogen (secondary N) is 1. The van der Waals surface area contributed by atoms with Gasteiger partial charge in [-0.1, -0.05) is 6.42 Å². The van der Waals surface area contributed by atoms with E-state index in [1.807, 2.05) is 0 Å². The van der Waals surface area contributed by atoms with Crippen molar-refractivity contribution >= 4 is 33.0 Å². The van der Waals surface area contributed by atoms with Gasteiger partial charge in [0.15, 0.2) is 0 Å². The van der Waals surface area contributed by atoms with Crippen molar-refractivity contribution in [1.82, 2.24) is 4.31 Å². The molecule has 1 heterocycles. The average Bonchev–Trinajstić information content (AvgIpc) is 2.74. The Balaban J connectivity index is 1.91. The molecule has 1 amide bonds. The van der Waals surface area contributed by atoms with E-state index in [1.54, 1.807) is 31.1 Å². The highest BCUT2D eigenvalue weighted by molar-refractivity contribution is 7.89. The molecule has 0 saturated carbocycles. The molecule has 1 aliphatic heterocycles. The number of rotatable bonds is 6. The van der Waals surface area contributed by atoms with Crippen molar-refractivity contribution in [2.75, 3.05) is 37.4 Å². The Morgan fingerprint density at radius 3 is 2.27 bits per heavy atom. The van der Waals surface area contributed by atoms with Gasteiger partial charge in [-0.05, 0) is 43.2 Å². The maximum absolute atomic E-state index is 13.0. The zero-order valence-corrected chi connectivity index (χ0v) is 17.7. The second-order valence-electron chi connectivity index (χ2n) is 7.30. The van der Waals surface area contributed by atoms with Gasteiger partial charge in [0.25, 0.3) is 11.6 Å². The minimum absolute atomic E-state index is 0.116. The number of amides is 1. The lowest BCUT2D eigenvalue weighted by molar-refractivity contribution is -0.384. The van der Waals surface area contributed by atoms with Gasteiger partial charge in [0.2, 0.25) is 10.0 Å². The second-order valence-corrected chi connectivity index (χ2v) is 9.23. The molecule has 0 aliphatic carbocycles. The zero-order valence-electron chi connectivity index (χ0n) is 16.9. The first-order chi connectivity index (χ1) is 14.2. The number of carbonyl (C=O) groups is 1. The third-order valence-corrected chi connectivity index (χ3v) is 6.89. The minimum Gasteiger partial charge on any atom is -0.376 e. The maximum Gasteiger partial charge on any atom is 0.269 e. The van der Waals surface area contributed by atoms with Gasteiger partial charge in [-0.3, -0.25) is 14.9 Å². The molecular weight excluding hydrogens is 408 g/mol. The van der Waals surface area contributed by atoms with Gasteiger partial charge in [-0.15, -0.1) is 0 Å². The number of nitrogens with zero attached hydrogens (tertiary/aromatic N) is 3. The molecule has 2 aromatic carbocycles. The summed E-state index contributed by atoms with van der Waals surface area (Å²) in [5.74, 6) is -0.486. The minimum atomic E-state index is -3.65. The van der Waals surface area contributed by atoms with E-state index >= 15 is 0 Å². The molecule has 0 atom stereocenters. The van der Waals surface area contributed by atoms with E-state index in [-0.39, 0.29) is 16.1 Å². The molecule has 30 heavy (non-hydrogen) atoms. The van der Waals surface area contributed by atoms with Crippen molar-refractivity contribution in [3.63, 3.8) is 0 Å². The molecule has 0 bridgehead atoms. The molecule has 9 nitrogen and oxygen atoms in total. The lowest BCUT2D eigenvalue weighted by Gasteiger charge is -2.26. The van der Waals surface area contributed by atoms with Crippen LogP contribution in [-0.2, 0) is 10.0 Å². The molecule has 1 aliphatic rings. The van der Waals surface area contributed by atoms with Crippen LogP contribution in [0.5, 0.6) is 0 Å². The fourth-order valence-corrected chi connectivity index (χ4v) is 4.89. The predicted octanol–water partition coefficient (Wildman–Crippen LogP) is 3.09. The smallest absolute Gasteiger partial charge is 0.269 e. The lowest BCUT2D eigenvalue weighted by Crippen LogP contribution is -2.35. The average molecular weight is 433 g/mol. The fourth-order valence-electron chi connectivity index (χ4n) is 3.35. The van der Waals surface area contributed by atoms with Crippen LogP contribution >= 0.6 is 0 Å². The maximum atomic E-state index is 13.0. The van der Waals surface area contributed by atoms with E-state index in [1.165, 1.54) is 34.6 Å². The predicted molar refractivity (Wildman–Crippen MR) is 114 cm³/mol. The molecule has 1 fully saturated rings. The molecular formula is C20H24N4O5S. The van der Waals surface area contributed by atoms with Gasteiger partial charge in [-0.25, -0.2) is 8.42 Å². The van der Waals surface area contributed by atoms with Crippen molar-refractivity contribution < 1.29 is 18.1 Å². The van der Waals surface area contributed by atoms with Crippen molar-refractivity contribution in [1.29, 1.82) is 0 Å². The number of piperidine rings is 1. The van der Waals surface area contributed by atoms with E-state index in [9.17, 15) is 23.3 Å². The third kappa shape index (κ3) is 4.60. The van der Waals surface area contributed by atoms with Crippen LogP contribution in [0.1, 0.15) is 29.6 Å². The number of carbonyl (C=O) groups excluding carboxylic acids is 1. The Labute approximate surface area is 175 Å². The summed E-state index contributed by atoms with van der Waals surface area (Å²) in [6.45, 7) is 0.977. The molecule has 160 valence electrons. The first kappa shape index (κ1) is 21.7. The van der Waals surface area contributed by atoms with Crippen molar-refractivity contribution in [3.8, 4) is 0 Å². The highest BCUT2D eigenvalue weighted by atomic mass is 32.2. The Hall–Kier alpha value is -2.98. The Morgan fingerprint density at radius 1 is 1.07 bits per heavy atom. The number of hydrogen-bond donors (Lipinski definition) is 1. The summed E-state index contributed by atoms with van der Waals surface area (Å²) in [5.41, 5.74) is 1.11. The van der Waals surface area contributed by atoms with Crippen LogP contribution in [0.15, 0.2) is 47.4 Å². The summed E-state index contributed by atoms with van der Waals surface area (Å²) in [6, 6.07) is 9.87. The zero-order chi connectivity index (χ0) is 21.9. The number of nitro groups is 1. The van der Waals surface area contributed by atoms with Gasteiger partial charge in [-0.2, -0.15) is 4.31 Å². The Bertz CT molecular complexity index is 1050. The van der Waals surface area contributed by atoms with E-state index in [0.717, 1.165) is 19.3 Å². The number of non-ortho nitro benzene ring substituents is 1. The number of hydrogen-bond acceptors (Lipinski definition) is 6.